The molecule has 0 unspecified atom stereocenters. The first kappa shape index (κ1) is 15.3. The van der Waals surface area contributed by atoms with Crippen molar-refractivity contribution in [2.24, 2.45) is 0 Å². The molecule has 0 amide bonds. The van der Waals surface area contributed by atoms with E-state index in [2.05, 4.69) is 5.16 Å². The van der Waals surface area contributed by atoms with E-state index in [1.165, 1.54) is 6.07 Å². The fourth-order valence-corrected chi connectivity index (χ4v) is 2.37. The van der Waals surface area contributed by atoms with Crippen molar-refractivity contribution in [3.8, 4) is 11.1 Å². The van der Waals surface area contributed by atoms with Crippen LogP contribution in [0.3, 0.4) is 0 Å². The fourth-order valence-electron chi connectivity index (χ4n) is 2.37. The number of aromatic nitrogens is 1. The maximum absolute atomic E-state index is 12.3. The van der Waals surface area contributed by atoms with Crippen LogP contribution in [0.1, 0.15) is 17.0 Å². The highest BCUT2D eigenvalue weighted by molar-refractivity contribution is 5.63. The summed E-state index contributed by atoms with van der Waals surface area (Å²) in [5.41, 5.74) is 3.07. The molecule has 0 saturated heterocycles. The van der Waals surface area contributed by atoms with E-state index in [4.69, 9.17) is 4.52 Å². The van der Waals surface area contributed by atoms with Gasteiger partial charge in [0.15, 0.2) is 0 Å². The van der Waals surface area contributed by atoms with Crippen LogP contribution in [-0.2, 0) is 12.8 Å². The second kappa shape index (κ2) is 6.28. The summed E-state index contributed by atoms with van der Waals surface area (Å²) in [5, 5.41) is 3.47. The predicted octanol–water partition coefficient (Wildman–Crippen LogP) is 5.04. The van der Waals surface area contributed by atoms with Crippen molar-refractivity contribution in [1.82, 2.24) is 5.16 Å². The Morgan fingerprint density at radius 2 is 1.52 bits per heavy atom. The van der Waals surface area contributed by atoms with E-state index in [0.29, 0.717) is 12.2 Å². The van der Waals surface area contributed by atoms with Crippen LogP contribution in [0.25, 0.3) is 11.1 Å². The Morgan fingerprint density at radius 1 is 0.870 bits per heavy atom. The van der Waals surface area contributed by atoms with Crippen LogP contribution in [0, 0.1) is 0 Å². The number of halogens is 3. The molecule has 23 heavy (non-hydrogen) atoms. The average molecular weight is 317 g/mol. The molecule has 2 aromatic carbocycles. The third kappa shape index (κ3) is 4.22. The normalized spacial score (nSPS) is 11.6. The number of benzene rings is 2. The van der Waals surface area contributed by atoms with Gasteiger partial charge in [-0.15, -0.1) is 0 Å². The maximum Gasteiger partial charge on any atom is 0.394 e. The molecule has 118 valence electrons. The second-order valence-electron chi connectivity index (χ2n) is 5.32. The lowest BCUT2D eigenvalue weighted by Crippen LogP contribution is -2.11. The van der Waals surface area contributed by atoms with E-state index in [0.717, 1.165) is 16.7 Å². The van der Waals surface area contributed by atoms with Gasteiger partial charge >= 0.3 is 6.18 Å². The molecule has 0 atom stereocenters. The van der Waals surface area contributed by atoms with Gasteiger partial charge in [-0.25, -0.2) is 0 Å². The monoisotopic (exact) mass is 317 g/mol. The summed E-state index contributed by atoms with van der Waals surface area (Å²) in [6.07, 6.45) is -4.92. The third-order valence-electron chi connectivity index (χ3n) is 3.43. The van der Waals surface area contributed by atoms with Crippen molar-refractivity contribution in [2.45, 2.75) is 19.0 Å². The Hall–Kier alpha value is -2.56. The van der Waals surface area contributed by atoms with Gasteiger partial charge in [0.2, 0.25) is 0 Å². The van der Waals surface area contributed by atoms with Gasteiger partial charge < -0.3 is 4.52 Å². The minimum absolute atomic E-state index is 0.0894. The highest BCUT2D eigenvalue weighted by atomic mass is 19.4. The Kier molecular flexibility index (Phi) is 4.19. The first-order chi connectivity index (χ1) is 11.0. The summed E-state index contributed by atoms with van der Waals surface area (Å²) in [6, 6.07) is 19.2. The van der Waals surface area contributed by atoms with Crippen LogP contribution >= 0.6 is 0 Å². The molecule has 3 rings (SSSR count). The molecule has 0 saturated carbocycles. The van der Waals surface area contributed by atoms with Crippen LogP contribution in [0.2, 0.25) is 0 Å². The number of rotatable bonds is 4. The lowest BCUT2D eigenvalue weighted by atomic mass is 10.0. The van der Waals surface area contributed by atoms with E-state index < -0.39 is 12.6 Å². The number of hydrogen-bond acceptors (Lipinski definition) is 2. The molecule has 0 bridgehead atoms. The Bertz CT molecular complexity index is 761. The standard InChI is InChI=1S/C18H14F3NO/c19-18(20,21)12-16-11-17(23-22-16)10-13-6-8-15(9-7-13)14-4-2-1-3-5-14/h1-9,11H,10,12H2. The molecule has 0 aliphatic rings. The van der Waals surface area contributed by atoms with Crippen molar-refractivity contribution in [2.75, 3.05) is 0 Å². The zero-order valence-corrected chi connectivity index (χ0v) is 12.2. The number of alkyl halides is 3. The van der Waals surface area contributed by atoms with Gasteiger partial charge in [0.05, 0.1) is 12.1 Å². The lowest BCUT2D eigenvalue weighted by molar-refractivity contribution is -0.128. The molecule has 0 spiro atoms. The van der Waals surface area contributed by atoms with Gasteiger partial charge in [-0.3, -0.25) is 0 Å². The van der Waals surface area contributed by atoms with Gasteiger partial charge in [-0.1, -0.05) is 59.8 Å². The van der Waals surface area contributed by atoms with Crippen molar-refractivity contribution < 1.29 is 17.7 Å². The summed E-state index contributed by atoms with van der Waals surface area (Å²) in [5.74, 6) is 0.428. The third-order valence-corrected chi connectivity index (χ3v) is 3.43. The van der Waals surface area contributed by atoms with Gasteiger partial charge in [-0.05, 0) is 16.7 Å². The second-order valence-corrected chi connectivity index (χ2v) is 5.32. The topological polar surface area (TPSA) is 26.0 Å². The van der Waals surface area contributed by atoms with Gasteiger partial charge in [0.1, 0.15) is 5.76 Å². The van der Waals surface area contributed by atoms with Crippen molar-refractivity contribution in [3.05, 3.63) is 77.7 Å². The minimum atomic E-state index is -4.27. The molecular formula is C18H14F3NO. The molecule has 1 heterocycles. The van der Waals surface area contributed by atoms with Crippen LogP contribution < -0.4 is 0 Å². The highest BCUT2D eigenvalue weighted by Gasteiger charge is 2.29. The van der Waals surface area contributed by atoms with Crippen LogP contribution in [0.4, 0.5) is 13.2 Å². The zero-order valence-electron chi connectivity index (χ0n) is 12.2. The van der Waals surface area contributed by atoms with Gasteiger partial charge in [-0.2, -0.15) is 13.2 Å². The van der Waals surface area contributed by atoms with E-state index >= 15 is 0 Å². The number of nitrogens with zero attached hydrogens (tertiary/aromatic N) is 1. The highest BCUT2D eigenvalue weighted by Crippen LogP contribution is 2.23. The molecule has 0 radical (unpaired) electrons. The Balaban J connectivity index is 1.69. The van der Waals surface area contributed by atoms with Crippen molar-refractivity contribution in [3.63, 3.8) is 0 Å². The SMILES string of the molecule is FC(F)(F)Cc1cc(Cc2ccc(-c3ccccc3)cc2)on1. The molecule has 0 aliphatic carbocycles. The smallest absolute Gasteiger partial charge is 0.361 e. The van der Waals surface area contributed by atoms with Crippen LogP contribution in [0.5, 0.6) is 0 Å². The first-order valence-corrected chi connectivity index (χ1v) is 7.15. The van der Waals surface area contributed by atoms with Crippen LogP contribution in [0.15, 0.2) is 65.2 Å². The first-order valence-electron chi connectivity index (χ1n) is 7.15. The van der Waals surface area contributed by atoms with E-state index in [-0.39, 0.29) is 5.69 Å². The lowest BCUT2D eigenvalue weighted by Gasteiger charge is -2.03. The molecular weight excluding hydrogens is 303 g/mol. The van der Waals surface area contributed by atoms with Gasteiger partial charge in [0.25, 0.3) is 0 Å². The summed E-state index contributed by atoms with van der Waals surface area (Å²) < 4.78 is 41.9. The van der Waals surface area contributed by atoms with E-state index in [1.807, 2.05) is 54.6 Å². The molecule has 5 heteroatoms. The summed E-state index contributed by atoms with van der Waals surface area (Å²) in [4.78, 5) is 0. The van der Waals surface area contributed by atoms with E-state index in [9.17, 15) is 13.2 Å². The summed E-state index contributed by atoms with van der Waals surface area (Å²) in [7, 11) is 0. The van der Waals surface area contributed by atoms with Crippen LogP contribution in [-0.4, -0.2) is 11.3 Å². The fraction of sp³-hybridized carbons (Fsp3) is 0.167. The average Bonchev–Trinajstić information content (AvgIpc) is 2.94. The molecule has 2 nitrogen and oxygen atoms in total. The molecule has 3 aromatic rings. The quantitative estimate of drug-likeness (QED) is 0.674. The summed E-state index contributed by atoms with van der Waals surface area (Å²) >= 11 is 0. The summed E-state index contributed by atoms with van der Waals surface area (Å²) in [6.45, 7) is 0. The molecule has 0 aliphatic heterocycles. The zero-order chi connectivity index (χ0) is 16.3. The number of hydrogen-bond donors (Lipinski definition) is 0. The largest absolute Gasteiger partial charge is 0.394 e. The van der Waals surface area contributed by atoms with Gasteiger partial charge in [0, 0.05) is 12.5 Å². The molecule has 0 N–H and O–H groups in total. The molecule has 0 fully saturated rings. The molecule has 1 aromatic heterocycles. The predicted molar refractivity (Wildman–Crippen MR) is 80.9 cm³/mol. The maximum atomic E-state index is 12.3. The minimum Gasteiger partial charge on any atom is -0.361 e. The van der Waals surface area contributed by atoms with E-state index in [1.54, 1.807) is 0 Å². The van der Waals surface area contributed by atoms with Crippen molar-refractivity contribution >= 4 is 0 Å². The Morgan fingerprint density at radius 3 is 2.17 bits per heavy atom. The Labute approximate surface area is 131 Å². The van der Waals surface area contributed by atoms with Crippen molar-refractivity contribution in [1.29, 1.82) is 0 Å².